The molecule has 0 saturated carbocycles. The first kappa shape index (κ1) is 23.4. The van der Waals surface area contributed by atoms with Crippen molar-refractivity contribution in [1.29, 1.82) is 0 Å². The summed E-state index contributed by atoms with van der Waals surface area (Å²) in [5.74, 6) is 0.154. The van der Waals surface area contributed by atoms with Gasteiger partial charge in [0.15, 0.2) is 0 Å². The number of hydrogen-bond acceptors (Lipinski definition) is 6. The summed E-state index contributed by atoms with van der Waals surface area (Å²) in [5, 5.41) is 12.9. The predicted molar refractivity (Wildman–Crippen MR) is 131 cm³/mol. The van der Waals surface area contributed by atoms with Gasteiger partial charge in [0.2, 0.25) is 0 Å². The van der Waals surface area contributed by atoms with Crippen molar-refractivity contribution >= 4 is 24.5 Å². The molecule has 174 valence electrons. The van der Waals surface area contributed by atoms with Gasteiger partial charge in [0.25, 0.3) is 8.32 Å². The van der Waals surface area contributed by atoms with Gasteiger partial charge in [-0.2, -0.15) is 4.98 Å². The number of nitrogens with two attached hydrogens (primary N) is 1. The summed E-state index contributed by atoms with van der Waals surface area (Å²) in [5.41, 5.74) is 5.10. The van der Waals surface area contributed by atoms with E-state index in [0.717, 1.165) is 10.4 Å². The highest BCUT2D eigenvalue weighted by atomic mass is 28.4. The summed E-state index contributed by atoms with van der Waals surface area (Å²) in [6.07, 6.45) is -0.125. The van der Waals surface area contributed by atoms with Crippen LogP contribution in [0.2, 0.25) is 5.04 Å². The molecule has 8 heteroatoms. The van der Waals surface area contributed by atoms with Crippen molar-refractivity contribution in [3.63, 3.8) is 0 Å². The first-order valence-corrected chi connectivity index (χ1v) is 13.1. The van der Waals surface area contributed by atoms with Gasteiger partial charge in [0.05, 0.1) is 12.7 Å². The Hall–Kier alpha value is -2.78. The van der Waals surface area contributed by atoms with Crippen LogP contribution >= 0.6 is 0 Å². The average molecular weight is 466 g/mol. The molecule has 1 fully saturated rings. The minimum atomic E-state index is -2.75. The van der Waals surface area contributed by atoms with Gasteiger partial charge in [-0.1, -0.05) is 81.4 Å². The van der Waals surface area contributed by atoms with E-state index in [1.165, 1.54) is 4.57 Å². The van der Waals surface area contributed by atoms with E-state index in [2.05, 4.69) is 50.0 Å². The zero-order valence-electron chi connectivity index (χ0n) is 19.2. The van der Waals surface area contributed by atoms with Gasteiger partial charge < -0.3 is 20.0 Å². The first-order chi connectivity index (χ1) is 15.7. The van der Waals surface area contributed by atoms with E-state index in [9.17, 15) is 9.90 Å². The standard InChI is InChI=1S/C25H31N3O4Si/c1-25(2,3)33(18-10-6-4-7-11-18,19-12-8-5-9-13-19)31-17-21-20(29)16-23(32-21)28-15-14-22(26)27-24(28)30/h4-15,20-21,23,29H,16-17H2,1-3H3,(H2,26,27,30)/t20-,21+,23+/m0/s1. The highest BCUT2D eigenvalue weighted by Gasteiger charge is 2.51. The molecule has 3 atom stereocenters. The van der Waals surface area contributed by atoms with Gasteiger partial charge >= 0.3 is 5.69 Å². The number of rotatable bonds is 6. The lowest BCUT2D eigenvalue weighted by Crippen LogP contribution is -2.67. The molecule has 0 unspecified atom stereocenters. The van der Waals surface area contributed by atoms with E-state index in [-0.39, 0.29) is 23.9 Å². The number of aliphatic hydroxyl groups excluding tert-OH is 1. The molecular formula is C25H31N3O4Si. The molecule has 4 rings (SSSR count). The molecule has 3 N–H and O–H groups in total. The fourth-order valence-corrected chi connectivity index (χ4v) is 9.22. The molecule has 1 aromatic heterocycles. The lowest BCUT2D eigenvalue weighted by atomic mass is 10.2. The molecule has 3 aromatic rings. The third-order valence-electron chi connectivity index (χ3n) is 6.25. The molecule has 0 amide bonds. The van der Waals surface area contributed by atoms with Crippen molar-refractivity contribution in [2.24, 2.45) is 0 Å². The quantitative estimate of drug-likeness (QED) is 0.541. The second kappa shape index (κ2) is 9.22. The zero-order chi connectivity index (χ0) is 23.6. The van der Waals surface area contributed by atoms with Gasteiger partial charge in [-0.3, -0.25) is 4.57 Å². The molecule has 2 heterocycles. The Bertz CT molecular complexity index is 1090. The molecule has 1 saturated heterocycles. The number of ether oxygens (including phenoxy) is 1. The molecule has 2 aromatic carbocycles. The maximum atomic E-state index is 12.2. The first-order valence-electron chi connectivity index (χ1n) is 11.2. The normalized spacial score (nSPS) is 21.3. The zero-order valence-corrected chi connectivity index (χ0v) is 20.2. The third kappa shape index (κ3) is 4.52. The second-order valence-corrected chi connectivity index (χ2v) is 13.8. The van der Waals surface area contributed by atoms with Crippen molar-refractivity contribution in [2.75, 3.05) is 12.3 Å². The van der Waals surface area contributed by atoms with Crippen molar-refractivity contribution < 1.29 is 14.3 Å². The largest absolute Gasteiger partial charge is 0.405 e. The van der Waals surface area contributed by atoms with Crippen LogP contribution in [0.5, 0.6) is 0 Å². The number of nitrogen functional groups attached to an aromatic ring is 1. The minimum absolute atomic E-state index is 0.154. The Labute approximate surface area is 195 Å². The maximum absolute atomic E-state index is 12.2. The summed E-state index contributed by atoms with van der Waals surface area (Å²) in [6, 6.07) is 22.2. The smallest absolute Gasteiger partial charge is 0.351 e. The molecular weight excluding hydrogens is 434 g/mol. The predicted octanol–water partition coefficient (Wildman–Crippen LogP) is 2.05. The van der Waals surface area contributed by atoms with E-state index in [1.54, 1.807) is 12.3 Å². The summed E-state index contributed by atoms with van der Waals surface area (Å²) in [4.78, 5) is 16.0. The number of hydrogen-bond donors (Lipinski definition) is 2. The Morgan fingerprint density at radius 3 is 2.18 bits per heavy atom. The van der Waals surface area contributed by atoms with Crippen molar-refractivity contribution in [1.82, 2.24) is 9.55 Å². The van der Waals surface area contributed by atoms with E-state index in [0.29, 0.717) is 0 Å². The van der Waals surface area contributed by atoms with Crippen LogP contribution in [0.15, 0.2) is 77.7 Å². The number of nitrogens with zero attached hydrogens (tertiary/aromatic N) is 2. The third-order valence-corrected chi connectivity index (χ3v) is 11.3. The van der Waals surface area contributed by atoms with Crippen LogP contribution < -0.4 is 21.8 Å². The summed E-state index contributed by atoms with van der Waals surface area (Å²) < 4.78 is 14.3. The van der Waals surface area contributed by atoms with Crippen LogP contribution in [0.3, 0.4) is 0 Å². The summed E-state index contributed by atoms with van der Waals surface area (Å²) >= 11 is 0. The van der Waals surface area contributed by atoms with Crippen molar-refractivity contribution in [3.05, 3.63) is 83.4 Å². The van der Waals surface area contributed by atoms with Crippen molar-refractivity contribution in [3.8, 4) is 0 Å². The molecule has 1 aliphatic rings. The van der Waals surface area contributed by atoms with E-state index >= 15 is 0 Å². The van der Waals surface area contributed by atoms with Crippen LogP contribution in [-0.4, -0.2) is 41.8 Å². The minimum Gasteiger partial charge on any atom is -0.405 e. The average Bonchev–Trinajstić information content (AvgIpc) is 3.15. The Morgan fingerprint density at radius 2 is 1.67 bits per heavy atom. The number of benzene rings is 2. The molecule has 0 radical (unpaired) electrons. The van der Waals surface area contributed by atoms with E-state index in [4.69, 9.17) is 14.9 Å². The number of aliphatic hydroxyl groups is 1. The highest BCUT2D eigenvalue weighted by molar-refractivity contribution is 6.99. The molecule has 1 aliphatic heterocycles. The monoisotopic (exact) mass is 465 g/mol. The number of anilines is 1. The van der Waals surface area contributed by atoms with Gasteiger partial charge in [0.1, 0.15) is 18.1 Å². The highest BCUT2D eigenvalue weighted by Crippen LogP contribution is 2.38. The Kier molecular flexibility index (Phi) is 6.53. The molecule has 7 nitrogen and oxygen atoms in total. The van der Waals surface area contributed by atoms with Gasteiger partial charge in [-0.15, -0.1) is 0 Å². The van der Waals surface area contributed by atoms with E-state index < -0.39 is 32.4 Å². The van der Waals surface area contributed by atoms with Crippen LogP contribution in [0.25, 0.3) is 0 Å². The Balaban J connectivity index is 1.65. The van der Waals surface area contributed by atoms with Crippen LogP contribution in [0, 0.1) is 0 Å². The fourth-order valence-electron chi connectivity index (χ4n) is 4.65. The van der Waals surface area contributed by atoms with Crippen LogP contribution in [-0.2, 0) is 9.16 Å². The lowest BCUT2D eigenvalue weighted by Gasteiger charge is -2.43. The molecule has 0 aliphatic carbocycles. The maximum Gasteiger partial charge on any atom is 0.351 e. The summed E-state index contributed by atoms with van der Waals surface area (Å²) in [6.45, 7) is 6.82. The van der Waals surface area contributed by atoms with Gasteiger partial charge in [-0.05, 0) is 21.5 Å². The number of aromatic nitrogens is 2. The topological polar surface area (TPSA) is 99.6 Å². The fraction of sp³-hybridized carbons (Fsp3) is 0.360. The van der Waals surface area contributed by atoms with Gasteiger partial charge in [0, 0.05) is 12.6 Å². The molecule has 0 bridgehead atoms. The van der Waals surface area contributed by atoms with Gasteiger partial charge in [-0.25, -0.2) is 4.79 Å². The van der Waals surface area contributed by atoms with Crippen LogP contribution in [0.4, 0.5) is 5.82 Å². The van der Waals surface area contributed by atoms with Crippen molar-refractivity contribution in [2.45, 2.75) is 50.7 Å². The second-order valence-electron chi connectivity index (χ2n) is 9.45. The van der Waals surface area contributed by atoms with Crippen LogP contribution in [0.1, 0.15) is 33.4 Å². The Morgan fingerprint density at radius 1 is 1.09 bits per heavy atom. The molecule has 0 spiro atoms. The summed E-state index contributed by atoms with van der Waals surface area (Å²) in [7, 11) is -2.75. The lowest BCUT2D eigenvalue weighted by molar-refractivity contribution is -0.0426. The van der Waals surface area contributed by atoms with E-state index in [1.807, 2.05) is 36.4 Å². The molecule has 33 heavy (non-hydrogen) atoms. The SMILES string of the molecule is CC(C)(C)[Si](OC[C@H]1O[C@@H](n2ccc(N)nc2=O)C[C@@H]1O)(c1ccccc1)c1ccccc1.